The number of nitrogens with zero attached hydrogens (tertiary/aromatic N) is 2. The molecule has 4 heteroatoms. The fraction of sp³-hybridized carbons (Fsp3) is 0.706. The topological polar surface area (TPSA) is 37.4 Å². The molecule has 0 unspecified atom stereocenters. The summed E-state index contributed by atoms with van der Waals surface area (Å²) < 4.78 is 5.27. The highest BCUT2D eigenvalue weighted by Crippen LogP contribution is 2.32. The molecule has 0 amide bonds. The van der Waals surface area contributed by atoms with Crippen molar-refractivity contribution in [3.05, 3.63) is 23.4 Å². The van der Waals surface area contributed by atoms with E-state index in [1.165, 1.54) is 18.4 Å². The summed E-state index contributed by atoms with van der Waals surface area (Å²) in [6, 6.07) is 5.09. The smallest absolute Gasteiger partial charge is 0.129 e. The van der Waals surface area contributed by atoms with Gasteiger partial charge in [0, 0.05) is 37.4 Å². The van der Waals surface area contributed by atoms with Crippen LogP contribution in [0.15, 0.2) is 12.1 Å². The SMILES string of the molecule is CNCc1cc(N(CCOC)C2CC2)nc(C(C)(C)C)c1. The second-order valence-corrected chi connectivity index (χ2v) is 6.92. The van der Waals surface area contributed by atoms with Gasteiger partial charge in [0.05, 0.1) is 6.61 Å². The Bertz CT molecular complexity index is 464. The molecule has 0 aromatic carbocycles. The molecule has 1 fully saturated rings. The quantitative estimate of drug-likeness (QED) is 0.838. The minimum Gasteiger partial charge on any atom is -0.383 e. The largest absolute Gasteiger partial charge is 0.383 e. The van der Waals surface area contributed by atoms with E-state index in [0.29, 0.717) is 6.04 Å². The summed E-state index contributed by atoms with van der Waals surface area (Å²) >= 11 is 0. The summed E-state index contributed by atoms with van der Waals surface area (Å²) in [6.07, 6.45) is 2.54. The van der Waals surface area contributed by atoms with E-state index in [4.69, 9.17) is 9.72 Å². The van der Waals surface area contributed by atoms with Crippen LogP contribution in [0.3, 0.4) is 0 Å². The molecule has 1 aromatic rings. The monoisotopic (exact) mass is 291 g/mol. The van der Waals surface area contributed by atoms with Crippen LogP contribution in [-0.4, -0.2) is 38.3 Å². The number of hydrogen-bond acceptors (Lipinski definition) is 4. The van der Waals surface area contributed by atoms with Crippen LogP contribution in [0.2, 0.25) is 0 Å². The summed E-state index contributed by atoms with van der Waals surface area (Å²) in [4.78, 5) is 7.36. The fourth-order valence-electron chi connectivity index (χ4n) is 2.47. The molecule has 0 atom stereocenters. The van der Waals surface area contributed by atoms with Crippen molar-refractivity contribution < 1.29 is 4.74 Å². The standard InChI is InChI=1S/C17H29N3O/c1-17(2,3)15-10-13(12-18-4)11-16(19-15)20(8-9-21-5)14-6-7-14/h10-11,14,18H,6-9,12H2,1-5H3. The van der Waals surface area contributed by atoms with Gasteiger partial charge in [-0.15, -0.1) is 0 Å². The van der Waals surface area contributed by atoms with Gasteiger partial charge in [0.2, 0.25) is 0 Å². The first-order valence-electron chi connectivity index (χ1n) is 7.87. The Balaban J connectivity index is 2.32. The molecule has 0 aliphatic heterocycles. The maximum atomic E-state index is 5.27. The molecule has 4 nitrogen and oxygen atoms in total. The summed E-state index contributed by atoms with van der Waals surface area (Å²) in [5.74, 6) is 1.10. The number of hydrogen-bond donors (Lipinski definition) is 1. The highest BCUT2D eigenvalue weighted by atomic mass is 16.5. The number of rotatable bonds is 7. The lowest BCUT2D eigenvalue weighted by atomic mass is 9.90. The first kappa shape index (κ1) is 16.2. The van der Waals surface area contributed by atoms with E-state index >= 15 is 0 Å². The van der Waals surface area contributed by atoms with E-state index in [1.807, 2.05) is 7.05 Å². The van der Waals surface area contributed by atoms with Gasteiger partial charge in [-0.25, -0.2) is 4.98 Å². The summed E-state index contributed by atoms with van der Waals surface area (Å²) in [7, 11) is 3.75. The van der Waals surface area contributed by atoms with E-state index in [0.717, 1.165) is 31.2 Å². The minimum absolute atomic E-state index is 0.0645. The lowest BCUT2D eigenvalue weighted by molar-refractivity contribution is 0.204. The van der Waals surface area contributed by atoms with E-state index in [2.05, 4.69) is 43.1 Å². The van der Waals surface area contributed by atoms with Crippen LogP contribution in [-0.2, 0) is 16.7 Å². The van der Waals surface area contributed by atoms with E-state index in [-0.39, 0.29) is 5.41 Å². The number of pyridine rings is 1. The lowest BCUT2D eigenvalue weighted by Crippen LogP contribution is -2.31. The second kappa shape index (κ2) is 6.75. The number of methoxy groups -OCH3 is 1. The summed E-state index contributed by atoms with van der Waals surface area (Å²) in [5, 5.41) is 3.25. The molecule has 1 aliphatic rings. The van der Waals surface area contributed by atoms with Gasteiger partial charge >= 0.3 is 0 Å². The first-order chi connectivity index (χ1) is 9.95. The van der Waals surface area contributed by atoms with Crippen LogP contribution < -0.4 is 10.2 Å². The fourth-order valence-corrected chi connectivity index (χ4v) is 2.47. The average Bonchev–Trinajstić information content (AvgIpc) is 3.23. The van der Waals surface area contributed by atoms with Gasteiger partial charge in [-0.1, -0.05) is 20.8 Å². The van der Waals surface area contributed by atoms with Gasteiger partial charge in [0.25, 0.3) is 0 Å². The molecule has 1 aliphatic carbocycles. The molecule has 118 valence electrons. The van der Waals surface area contributed by atoms with Gasteiger partial charge in [-0.3, -0.25) is 0 Å². The maximum Gasteiger partial charge on any atom is 0.129 e. The zero-order valence-electron chi connectivity index (χ0n) is 14.1. The van der Waals surface area contributed by atoms with Gasteiger partial charge in [0.1, 0.15) is 5.82 Å². The summed E-state index contributed by atoms with van der Waals surface area (Å²) in [5.41, 5.74) is 2.53. The first-order valence-corrected chi connectivity index (χ1v) is 7.87. The Hall–Kier alpha value is -1.13. The van der Waals surface area contributed by atoms with Crippen molar-refractivity contribution in [1.82, 2.24) is 10.3 Å². The predicted octanol–water partition coefficient (Wildman–Crippen LogP) is 2.71. The molecule has 1 heterocycles. The Morgan fingerprint density at radius 2 is 2.05 bits per heavy atom. The van der Waals surface area contributed by atoms with Gasteiger partial charge in [-0.2, -0.15) is 0 Å². The highest BCUT2D eigenvalue weighted by molar-refractivity contribution is 5.46. The zero-order chi connectivity index (χ0) is 15.5. The second-order valence-electron chi connectivity index (χ2n) is 6.92. The third-order valence-corrected chi connectivity index (χ3v) is 3.84. The van der Waals surface area contributed by atoms with Crippen molar-refractivity contribution in [3.63, 3.8) is 0 Å². The molecule has 0 spiro atoms. The minimum atomic E-state index is 0.0645. The van der Waals surface area contributed by atoms with Crippen LogP contribution in [0.1, 0.15) is 44.9 Å². The van der Waals surface area contributed by atoms with Gasteiger partial charge in [-0.05, 0) is 37.6 Å². The molecule has 21 heavy (non-hydrogen) atoms. The van der Waals surface area contributed by atoms with Crippen molar-refractivity contribution in [2.24, 2.45) is 0 Å². The average molecular weight is 291 g/mol. The Morgan fingerprint density at radius 3 is 2.57 bits per heavy atom. The van der Waals surface area contributed by atoms with E-state index < -0.39 is 0 Å². The van der Waals surface area contributed by atoms with Crippen LogP contribution >= 0.6 is 0 Å². The van der Waals surface area contributed by atoms with Crippen molar-refractivity contribution in [3.8, 4) is 0 Å². The normalized spacial score (nSPS) is 15.3. The van der Waals surface area contributed by atoms with Crippen LogP contribution in [0.25, 0.3) is 0 Å². The molecular weight excluding hydrogens is 262 g/mol. The van der Waals surface area contributed by atoms with E-state index in [9.17, 15) is 0 Å². The Labute approximate surface area is 128 Å². The number of aromatic nitrogens is 1. The van der Waals surface area contributed by atoms with Crippen molar-refractivity contribution in [2.45, 2.75) is 51.6 Å². The maximum absolute atomic E-state index is 5.27. The van der Waals surface area contributed by atoms with Crippen LogP contribution in [0.5, 0.6) is 0 Å². The van der Waals surface area contributed by atoms with Crippen molar-refractivity contribution >= 4 is 5.82 Å². The molecule has 0 saturated heterocycles. The lowest BCUT2D eigenvalue weighted by Gasteiger charge is -2.27. The zero-order valence-corrected chi connectivity index (χ0v) is 14.1. The van der Waals surface area contributed by atoms with Gasteiger partial charge in [0.15, 0.2) is 0 Å². The number of ether oxygens (including phenoxy) is 1. The van der Waals surface area contributed by atoms with Crippen LogP contribution in [0, 0.1) is 0 Å². The van der Waals surface area contributed by atoms with Gasteiger partial charge < -0.3 is 15.0 Å². The number of nitrogens with one attached hydrogen (secondary N) is 1. The molecule has 2 rings (SSSR count). The molecule has 1 N–H and O–H groups in total. The van der Waals surface area contributed by atoms with E-state index in [1.54, 1.807) is 7.11 Å². The predicted molar refractivity (Wildman–Crippen MR) is 87.9 cm³/mol. The van der Waals surface area contributed by atoms with Crippen molar-refractivity contribution in [2.75, 3.05) is 32.2 Å². The molecule has 1 saturated carbocycles. The Morgan fingerprint density at radius 1 is 1.33 bits per heavy atom. The third-order valence-electron chi connectivity index (χ3n) is 3.84. The third kappa shape index (κ3) is 4.42. The Kier molecular flexibility index (Phi) is 5.22. The molecule has 1 aromatic heterocycles. The summed E-state index contributed by atoms with van der Waals surface area (Å²) in [6.45, 7) is 9.21. The highest BCUT2D eigenvalue weighted by Gasteiger charge is 2.30. The number of anilines is 1. The van der Waals surface area contributed by atoms with Crippen molar-refractivity contribution in [1.29, 1.82) is 0 Å². The molecule has 0 bridgehead atoms. The molecule has 0 radical (unpaired) electrons. The van der Waals surface area contributed by atoms with Crippen LogP contribution in [0.4, 0.5) is 5.82 Å². The molecular formula is C17H29N3O.